The zero-order chi connectivity index (χ0) is 17.5. The molecule has 126 valence electrons. The van der Waals surface area contributed by atoms with E-state index in [4.69, 9.17) is 11.6 Å². The number of pyridine rings is 1. The molecular formula is C21H19ClN2O. The molecule has 3 rings (SSSR count). The van der Waals surface area contributed by atoms with Gasteiger partial charge in [0, 0.05) is 31.4 Å². The van der Waals surface area contributed by atoms with Crippen molar-refractivity contribution in [2.45, 2.75) is 13.0 Å². The van der Waals surface area contributed by atoms with Gasteiger partial charge in [0.05, 0.1) is 10.6 Å². The lowest BCUT2D eigenvalue weighted by Crippen LogP contribution is -2.32. The summed E-state index contributed by atoms with van der Waals surface area (Å²) in [7, 11) is 0. The van der Waals surface area contributed by atoms with Crippen molar-refractivity contribution in [2.24, 2.45) is 0 Å². The topological polar surface area (TPSA) is 33.2 Å². The van der Waals surface area contributed by atoms with E-state index in [1.165, 1.54) is 0 Å². The molecule has 0 spiro atoms. The summed E-state index contributed by atoms with van der Waals surface area (Å²) in [4.78, 5) is 19.2. The molecule has 0 saturated heterocycles. The van der Waals surface area contributed by atoms with Crippen LogP contribution in [0.25, 0.3) is 0 Å². The van der Waals surface area contributed by atoms with Crippen LogP contribution in [0.4, 0.5) is 0 Å². The quantitative estimate of drug-likeness (QED) is 0.650. The zero-order valence-corrected chi connectivity index (χ0v) is 14.6. The average Bonchev–Trinajstić information content (AvgIpc) is 2.66. The Hall–Kier alpha value is -2.65. The van der Waals surface area contributed by atoms with E-state index in [2.05, 4.69) is 4.98 Å². The Labute approximate surface area is 152 Å². The summed E-state index contributed by atoms with van der Waals surface area (Å²) in [6.07, 6.45) is 2.47. The monoisotopic (exact) mass is 350 g/mol. The number of carbonyl (C=O) groups excluding carboxylic acids is 1. The number of halogens is 1. The molecule has 0 radical (unpaired) electrons. The van der Waals surface area contributed by atoms with Gasteiger partial charge in [-0.25, -0.2) is 0 Å². The Morgan fingerprint density at radius 3 is 2.36 bits per heavy atom. The van der Waals surface area contributed by atoms with E-state index in [9.17, 15) is 4.79 Å². The number of carbonyl (C=O) groups is 1. The van der Waals surface area contributed by atoms with E-state index in [0.29, 0.717) is 30.1 Å². The highest BCUT2D eigenvalue weighted by molar-refractivity contribution is 6.33. The van der Waals surface area contributed by atoms with Gasteiger partial charge in [0.2, 0.25) is 0 Å². The molecule has 1 heterocycles. The van der Waals surface area contributed by atoms with Crippen LogP contribution < -0.4 is 0 Å². The summed E-state index contributed by atoms with van der Waals surface area (Å²) >= 11 is 6.22. The second-order valence-electron chi connectivity index (χ2n) is 5.76. The first-order valence-corrected chi connectivity index (χ1v) is 8.59. The Balaban J connectivity index is 1.80. The van der Waals surface area contributed by atoms with Crippen LogP contribution in [0.2, 0.25) is 5.02 Å². The fourth-order valence-electron chi connectivity index (χ4n) is 2.66. The van der Waals surface area contributed by atoms with Crippen LogP contribution >= 0.6 is 11.6 Å². The largest absolute Gasteiger partial charge is 0.334 e. The summed E-state index contributed by atoms with van der Waals surface area (Å²) in [5, 5.41) is 0.475. The maximum Gasteiger partial charge on any atom is 0.255 e. The molecule has 0 bridgehead atoms. The minimum absolute atomic E-state index is 0.0645. The van der Waals surface area contributed by atoms with Crippen LogP contribution in [0.1, 0.15) is 21.6 Å². The van der Waals surface area contributed by atoms with Crippen molar-refractivity contribution in [3.63, 3.8) is 0 Å². The zero-order valence-electron chi connectivity index (χ0n) is 13.8. The van der Waals surface area contributed by atoms with Gasteiger partial charge in [-0.1, -0.05) is 60.1 Å². The number of benzene rings is 2. The Bertz CT molecular complexity index is 822. The predicted molar refractivity (Wildman–Crippen MR) is 101 cm³/mol. The first kappa shape index (κ1) is 17.2. The Morgan fingerprint density at radius 1 is 0.920 bits per heavy atom. The van der Waals surface area contributed by atoms with Gasteiger partial charge >= 0.3 is 0 Å². The fourth-order valence-corrected chi connectivity index (χ4v) is 2.87. The lowest BCUT2D eigenvalue weighted by Gasteiger charge is -2.23. The highest BCUT2D eigenvalue weighted by Gasteiger charge is 2.18. The molecule has 0 aliphatic heterocycles. The summed E-state index contributed by atoms with van der Waals surface area (Å²) in [5.74, 6) is -0.0645. The van der Waals surface area contributed by atoms with Gasteiger partial charge in [0.15, 0.2) is 0 Å². The van der Waals surface area contributed by atoms with Crippen LogP contribution in [-0.4, -0.2) is 22.3 Å². The minimum Gasteiger partial charge on any atom is -0.334 e. The molecule has 0 aliphatic carbocycles. The van der Waals surface area contributed by atoms with Crippen molar-refractivity contribution in [1.29, 1.82) is 0 Å². The highest BCUT2D eigenvalue weighted by atomic mass is 35.5. The van der Waals surface area contributed by atoms with Gasteiger partial charge in [0.1, 0.15) is 0 Å². The van der Waals surface area contributed by atoms with Crippen molar-refractivity contribution in [3.8, 4) is 0 Å². The van der Waals surface area contributed by atoms with E-state index in [-0.39, 0.29) is 5.91 Å². The first-order valence-electron chi connectivity index (χ1n) is 8.21. The van der Waals surface area contributed by atoms with Gasteiger partial charge in [-0.3, -0.25) is 9.78 Å². The van der Waals surface area contributed by atoms with Crippen LogP contribution in [0.5, 0.6) is 0 Å². The van der Waals surface area contributed by atoms with Crippen molar-refractivity contribution in [2.75, 3.05) is 6.54 Å². The molecule has 1 aromatic heterocycles. The van der Waals surface area contributed by atoms with E-state index < -0.39 is 0 Å². The molecule has 0 unspecified atom stereocenters. The molecule has 2 aromatic carbocycles. The van der Waals surface area contributed by atoms with Crippen molar-refractivity contribution in [3.05, 3.63) is 101 Å². The highest BCUT2D eigenvalue weighted by Crippen LogP contribution is 2.19. The second kappa shape index (κ2) is 8.45. The SMILES string of the molecule is O=C(c1ccccc1Cl)N(CCc1ccccn1)Cc1ccccc1. The summed E-state index contributed by atoms with van der Waals surface area (Å²) in [6.45, 7) is 1.12. The van der Waals surface area contributed by atoms with Gasteiger partial charge in [-0.05, 0) is 29.8 Å². The summed E-state index contributed by atoms with van der Waals surface area (Å²) in [6, 6.07) is 23.0. The normalized spacial score (nSPS) is 10.4. The molecule has 0 N–H and O–H groups in total. The number of hydrogen-bond acceptors (Lipinski definition) is 2. The van der Waals surface area contributed by atoms with Gasteiger partial charge in [-0.15, -0.1) is 0 Å². The molecule has 3 nitrogen and oxygen atoms in total. The smallest absolute Gasteiger partial charge is 0.255 e. The molecule has 0 fully saturated rings. The number of amides is 1. The average molecular weight is 351 g/mol. The summed E-state index contributed by atoms with van der Waals surface area (Å²) < 4.78 is 0. The molecule has 3 aromatic rings. The van der Waals surface area contributed by atoms with Crippen LogP contribution in [0, 0.1) is 0 Å². The maximum atomic E-state index is 13.0. The van der Waals surface area contributed by atoms with Gasteiger partial charge in [0.25, 0.3) is 5.91 Å². The Kier molecular flexibility index (Phi) is 5.81. The van der Waals surface area contributed by atoms with E-state index >= 15 is 0 Å². The number of aromatic nitrogens is 1. The van der Waals surface area contributed by atoms with E-state index in [0.717, 1.165) is 11.3 Å². The molecule has 25 heavy (non-hydrogen) atoms. The van der Waals surface area contributed by atoms with Gasteiger partial charge < -0.3 is 4.90 Å². The van der Waals surface area contributed by atoms with Crippen molar-refractivity contribution >= 4 is 17.5 Å². The third-order valence-electron chi connectivity index (χ3n) is 3.97. The van der Waals surface area contributed by atoms with Crippen molar-refractivity contribution in [1.82, 2.24) is 9.88 Å². The molecular weight excluding hydrogens is 332 g/mol. The third-order valence-corrected chi connectivity index (χ3v) is 4.30. The van der Waals surface area contributed by atoms with Crippen LogP contribution in [0.3, 0.4) is 0 Å². The van der Waals surface area contributed by atoms with Gasteiger partial charge in [-0.2, -0.15) is 0 Å². The number of nitrogens with zero attached hydrogens (tertiary/aromatic N) is 2. The fraction of sp³-hybridized carbons (Fsp3) is 0.143. The molecule has 1 amide bonds. The van der Waals surface area contributed by atoms with Crippen LogP contribution in [0.15, 0.2) is 79.0 Å². The lowest BCUT2D eigenvalue weighted by molar-refractivity contribution is 0.0745. The summed E-state index contributed by atoms with van der Waals surface area (Å²) in [5.41, 5.74) is 2.58. The number of hydrogen-bond donors (Lipinski definition) is 0. The second-order valence-corrected chi connectivity index (χ2v) is 6.17. The van der Waals surface area contributed by atoms with E-state index in [1.54, 1.807) is 18.3 Å². The predicted octanol–water partition coefficient (Wildman–Crippen LogP) is 4.62. The molecule has 0 saturated carbocycles. The number of rotatable bonds is 6. The van der Waals surface area contributed by atoms with E-state index in [1.807, 2.05) is 65.6 Å². The lowest BCUT2D eigenvalue weighted by atomic mass is 10.1. The minimum atomic E-state index is -0.0645. The Morgan fingerprint density at radius 2 is 1.64 bits per heavy atom. The standard InChI is InChI=1S/C21H19ClN2O/c22-20-12-5-4-11-19(20)21(25)24(16-17-8-2-1-3-9-17)15-13-18-10-6-7-14-23-18/h1-12,14H,13,15-16H2. The molecule has 0 atom stereocenters. The van der Waals surface area contributed by atoms with Crippen LogP contribution in [-0.2, 0) is 13.0 Å². The van der Waals surface area contributed by atoms with Crippen molar-refractivity contribution < 1.29 is 4.79 Å². The third kappa shape index (κ3) is 4.68. The first-order chi connectivity index (χ1) is 12.2. The maximum absolute atomic E-state index is 13.0. The molecule has 4 heteroatoms. The molecule has 0 aliphatic rings.